The molecule has 5 rings (SSSR count). The molecule has 202 valence electrons. The van der Waals surface area contributed by atoms with Crippen LogP contribution in [0.15, 0.2) is 73.6 Å². The molecule has 9 heteroatoms. The number of anilines is 3. The second kappa shape index (κ2) is 11.7. The van der Waals surface area contributed by atoms with Crippen molar-refractivity contribution in [3.63, 3.8) is 0 Å². The molecule has 3 aromatic carbocycles. The van der Waals surface area contributed by atoms with Gasteiger partial charge >= 0.3 is 0 Å². The van der Waals surface area contributed by atoms with Gasteiger partial charge in [0.25, 0.3) is 0 Å². The highest BCUT2D eigenvalue weighted by molar-refractivity contribution is 6.32. The number of fused-ring (bicyclic) bond motifs is 1. The maximum Gasteiger partial charge on any atom is 0.247 e. The standard InChI is InChI=1S/C31H26ClFN4O3/c1-3-29(38)37-26-16-24-27(14-21(26)9-10-31(2)11-12-39-18-31)34-19-35-30(24)36-23-7-8-28(25(32)15-23)40-17-20-5-4-6-22(33)13-20/h3-8,13-16,19H,1,11-12,17-18H2,2H3,(H,37,38)(H,34,35,36). The third-order valence-electron chi connectivity index (χ3n) is 6.41. The highest BCUT2D eigenvalue weighted by atomic mass is 35.5. The Hall–Kier alpha value is -4.45. The number of rotatable bonds is 7. The smallest absolute Gasteiger partial charge is 0.247 e. The molecule has 7 nitrogen and oxygen atoms in total. The van der Waals surface area contributed by atoms with Gasteiger partial charge in [0.2, 0.25) is 5.91 Å². The van der Waals surface area contributed by atoms with Gasteiger partial charge in [-0.3, -0.25) is 4.79 Å². The number of amides is 1. The molecular weight excluding hydrogens is 531 g/mol. The van der Waals surface area contributed by atoms with Gasteiger partial charge in [0, 0.05) is 17.7 Å². The van der Waals surface area contributed by atoms with Gasteiger partial charge in [-0.05, 0) is 67.4 Å². The minimum atomic E-state index is -0.357. The van der Waals surface area contributed by atoms with Crippen LogP contribution in [0.3, 0.4) is 0 Å². The zero-order chi connectivity index (χ0) is 28.1. The van der Waals surface area contributed by atoms with Crippen molar-refractivity contribution in [3.8, 4) is 17.6 Å². The van der Waals surface area contributed by atoms with Crippen LogP contribution in [0, 0.1) is 23.1 Å². The maximum absolute atomic E-state index is 13.5. The lowest BCUT2D eigenvalue weighted by Crippen LogP contribution is -2.13. The first-order valence-corrected chi connectivity index (χ1v) is 13.0. The summed E-state index contributed by atoms with van der Waals surface area (Å²) in [6.45, 7) is 7.03. The Bertz CT molecular complexity index is 1660. The van der Waals surface area contributed by atoms with Crippen LogP contribution in [-0.4, -0.2) is 29.1 Å². The number of benzene rings is 3. The minimum Gasteiger partial charge on any atom is -0.487 e. The van der Waals surface area contributed by atoms with E-state index < -0.39 is 0 Å². The average molecular weight is 557 g/mol. The van der Waals surface area contributed by atoms with Crippen LogP contribution in [0.25, 0.3) is 10.9 Å². The van der Waals surface area contributed by atoms with Gasteiger partial charge in [0.15, 0.2) is 0 Å². The molecule has 0 aliphatic carbocycles. The second-order valence-corrected chi connectivity index (χ2v) is 10.0. The quantitative estimate of drug-likeness (QED) is 0.196. The summed E-state index contributed by atoms with van der Waals surface area (Å²) in [4.78, 5) is 21.0. The van der Waals surface area contributed by atoms with E-state index in [1.807, 2.05) is 6.07 Å². The summed E-state index contributed by atoms with van der Waals surface area (Å²) in [5.41, 5.74) is 2.90. The third kappa shape index (κ3) is 6.40. The summed E-state index contributed by atoms with van der Waals surface area (Å²) >= 11 is 6.48. The molecule has 4 aromatic rings. The number of nitrogens with zero attached hydrogens (tertiary/aromatic N) is 2. The van der Waals surface area contributed by atoms with Gasteiger partial charge in [-0.2, -0.15) is 0 Å². The van der Waals surface area contributed by atoms with Crippen LogP contribution >= 0.6 is 11.6 Å². The Morgan fingerprint density at radius 2 is 2.12 bits per heavy atom. The molecule has 0 spiro atoms. The number of halogens is 2. The van der Waals surface area contributed by atoms with Crippen molar-refractivity contribution in [2.75, 3.05) is 23.8 Å². The number of aromatic nitrogens is 2. The van der Waals surface area contributed by atoms with E-state index in [4.69, 9.17) is 21.1 Å². The van der Waals surface area contributed by atoms with Crippen molar-refractivity contribution >= 4 is 45.6 Å². The molecule has 1 atom stereocenters. The van der Waals surface area contributed by atoms with E-state index in [1.54, 1.807) is 36.4 Å². The fourth-order valence-corrected chi connectivity index (χ4v) is 4.43. The molecule has 2 N–H and O–H groups in total. The van der Waals surface area contributed by atoms with Gasteiger partial charge in [-0.15, -0.1) is 0 Å². The van der Waals surface area contributed by atoms with Crippen molar-refractivity contribution in [1.29, 1.82) is 0 Å². The van der Waals surface area contributed by atoms with E-state index in [-0.39, 0.29) is 23.7 Å². The second-order valence-electron chi connectivity index (χ2n) is 9.63. The summed E-state index contributed by atoms with van der Waals surface area (Å²) in [6.07, 6.45) is 3.50. The SMILES string of the molecule is C=CC(=O)Nc1cc2c(Nc3ccc(OCc4cccc(F)c4)c(Cl)c3)ncnc2cc1C#CC1(C)CCOC1. The van der Waals surface area contributed by atoms with Crippen LogP contribution < -0.4 is 15.4 Å². The Kier molecular flexibility index (Phi) is 7.96. The molecule has 1 aromatic heterocycles. The zero-order valence-electron chi connectivity index (χ0n) is 21.8. The normalized spacial score (nSPS) is 16.2. The summed E-state index contributed by atoms with van der Waals surface area (Å²) in [6, 6.07) is 15.0. The Labute approximate surface area is 236 Å². The predicted octanol–water partition coefficient (Wildman–Crippen LogP) is 6.65. The maximum atomic E-state index is 13.5. The lowest BCUT2D eigenvalue weighted by atomic mass is 9.90. The van der Waals surface area contributed by atoms with Gasteiger partial charge in [0.05, 0.1) is 33.8 Å². The molecule has 40 heavy (non-hydrogen) atoms. The van der Waals surface area contributed by atoms with Crippen LogP contribution in [0.2, 0.25) is 5.02 Å². The molecule has 1 aliphatic rings. The van der Waals surface area contributed by atoms with Gasteiger partial charge in [-0.1, -0.05) is 42.2 Å². The fraction of sp³-hybridized carbons (Fsp3) is 0.194. The Morgan fingerprint density at radius 3 is 2.88 bits per heavy atom. The highest BCUT2D eigenvalue weighted by Crippen LogP contribution is 2.33. The molecule has 1 fully saturated rings. The average Bonchev–Trinajstić information content (AvgIpc) is 3.38. The monoisotopic (exact) mass is 556 g/mol. The van der Waals surface area contributed by atoms with Gasteiger partial charge < -0.3 is 20.1 Å². The van der Waals surface area contributed by atoms with E-state index >= 15 is 0 Å². The predicted molar refractivity (Wildman–Crippen MR) is 154 cm³/mol. The third-order valence-corrected chi connectivity index (χ3v) is 6.71. The van der Waals surface area contributed by atoms with Crippen molar-refractivity contribution in [1.82, 2.24) is 9.97 Å². The fourth-order valence-electron chi connectivity index (χ4n) is 4.20. The van der Waals surface area contributed by atoms with Crippen LogP contribution in [0.4, 0.5) is 21.6 Å². The first-order valence-electron chi connectivity index (χ1n) is 12.6. The van der Waals surface area contributed by atoms with E-state index in [1.165, 1.54) is 24.5 Å². The summed E-state index contributed by atoms with van der Waals surface area (Å²) in [5, 5.41) is 7.16. The molecule has 1 saturated heterocycles. The zero-order valence-corrected chi connectivity index (χ0v) is 22.5. The molecule has 1 unspecified atom stereocenters. The summed E-state index contributed by atoms with van der Waals surface area (Å²) in [7, 11) is 0. The molecule has 0 bridgehead atoms. The van der Waals surface area contributed by atoms with Crippen LogP contribution in [0.5, 0.6) is 5.75 Å². The molecule has 1 amide bonds. The van der Waals surface area contributed by atoms with Crippen molar-refractivity contribution in [2.45, 2.75) is 20.0 Å². The first-order chi connectivity index (χ1) is 19.3. The Balaban J connectivity index is 1.42. The largest absolute Gasteiger partial charge is 0.487 e. The van der Waals surface area contributed by atoms with Crippen LogP contribution in [0.1, 0.15) is 24.5 Å². The Morgan fingerprint density at radius 1 is 1.25 bits per heavy atom. The molecule has 0 saturated carbocycles. The van der Waals surface area contributed by atoms with E-state index in [0.717, 1.165) is 6.42 Å². The van der Waals surface area contributed by atoms with Crippen LogP contribution in [-0.2, 0) is 16.1 Å². The minimum absolute atomic E-state index is 0.178. The summed E-state index contributed by atoms with van der Waals surface area (Å²) < 4.78 is 24.7. The number of carbonyl (C=O) groups excluding carboxylic acids is 1. The lowest BCUT2D eigenvalue weighted by Gasteiger charge is -2.14. The number of hydrogen-bond donors (Lipinski definition) is 2. The lowest BCUT2D eigenvalue weighted by molar-refractivity contribution is -0.111. The van der Waals surface area contributed by atoms with Crippen molar-refractivity contribution < 1.29 is 18.7 Å². The topological polar surface area (TPSA) is 85.4 Å². The highest BCUT2D eigenvalue weighted by Gasteiger charge is 2.27. The molecule has 1 aliphatic heterocycles. The number of carbonyl (C=O) groups is 1. The first kappa shape index (κ1) is 27.1. The van der Waals surface area contributed by atoms with Crippen molar-refractivity contribution in [2.24, 2.45) is 5.41 Å². The van der Waals surface area contributed by atoms with Gasteiger partial charge in [-0.25, -0.2) is 14.4 Å². The van der Waals surface area contributed by atoms with Gasteiger partial charge in [0.1, 0.15) is 30.3 Å². The number of nitrogens with one attached hydrogen (secondary N) is 2. The van der Waals surface area contributed by atoms with E-state index in [9.17, 15) is 9.18 Å². The molecule has 2 heterocycles. The molecular formula is C31H26ClFN4O3. The van der Waals surface area contributed by atoms with Crippen molar-refractivity contribution in [3.05, 3.63) is 95.5 Å². The number of ether oxygens (including phenoxy) is 2. The van der Waals surface area contributed by atoms with E-state index in [2.05, 4.69) is 45.9 Å². The van der Waals surface area contributed by atoms with E-state index in [0.29, 0.717) is 63.2 Å². The number of hydrogen-bond acceptors (Lipinski definition) is 6. The summed E-state index contributed by atoms with van der Waals surface area (Å²) in [5.74, 6) is 6.81. The molecule has 0 radical (unpaired) electrons.